The summed E-state index contributed by atoms with van der Waals surface area (Å²) in [6.07, 6.45) is -2.81. The van der Waals surface area contributed by atoms with Crippen LogP contribution in [0, 0.1) is 0 Å². The van der Waals surface area contributed by atoms with Crippen molar-refractivity contribution in [2.24, 2.45) is 0 Å². The van der Waals surface area contributed by atoms with Gasteiger partial charge in [-0.3, -0.25) is 14.3 Å². The third kappa shape index (κ3) is 2.99. The second-order valence-corrected chi connectivity index (χ2v) is 5.23. The highest BCUT2D eigenvalue weighted by Crippen LogP contribution is 2.24. The molecule has 0 fully saturated rings. The molecule has 2 rings (SSSR count). The van der Waals surface area contributed by atoms with Crippen LogP contribution in [0.15, 0.2) is 38.3 Å². The van der Waals surface area contributed by atoms with Crippen molar-refractivity contribution >= 4 is 27.5 Å². The van der Waals surface area contributed by atoms with Crippen molar-refractivity contribution in [2.75, 3.05) is 0 Å². The van der Waals surface area contributed by atoms with E-state index in [2.05, 4.69) is 20.9 Å². The molecular weight excluding hydrogens is 357 g/mol. The normalized spacial score (nSPS) is 11.1. The Morgan fingerprint density at radius 2 is 2.05 bits per heavy atom. The summed E-state index contributed by atoms with van der Waals surface area (Å²) in [5.41, 5.74) is -1.40. The quantitative estimate of drug-likeness (QED) is 0.851. The Bertz CT molecular complexity index is 758. The number of hydrogen-bond acceptors (Lipinski definition) is 2. The summed E-state index contributed by atoms with van der Waals surface area (Å²) in [7, 11) is 0. The Labute approximate surface area is 125 Å². The SMILES string of the molecule is O=c1[nH]c(Cl)c(-c2cccc(Br)c2)c(=O)n1CC(F)F. The predicted octanol–water partition coefficient (Wildman–Crippen LogP) is 2.88. The summed E-state index contributed by atoms with van der Waals surface area (Å²) in [5, 5.41) is -0.177. The average molecular weight is 366 g/mol. The van der Waals surface area contributed by atoms with Crippen LogP contribution in [0.5, 0.6) is 0 Å². The molecule has 1 aromatic carbocycles. The Morgan fingerprint density at radius 1 is 1.35 bits per heavy atom. The maximum absolute atomic E-state index is 12.4. The zero-order valence-electron chi connectivity index (χ0n) is 9.87. The van der Waals surface area contributed by atoms with Crippen molar-refractivity contribution in [1.82, 2.24) is 9.55 Å². The first kappa shape index (κ1) is 14.9. The number of nitrogens with one attached hydrogen (secondary N) is 1. The topological polar surface area (TPSA) is 54.9 Å². The van der Waals surface area contributed by atoms with Gasteiger partial charge >= 0.3 is 5.69 Å². The highest BCUT2D eigenvalue weighted by molar-refractivity contribution is 9.10. The van der Waals surface area contributed by atoms with E-state index in [4.69, 9.17) is 11.6 Å². The maximum Gasteiger partial charge on any atom is 0.329 e. The molecule has 0 saturated heterocycles. The van der Waals surface area contributed by atoms with Crippen LogP contribution in [-0.4, -0.2) is 16.0 Å². The lowest BCUT2D eigenvalue weighted by Gasteiger charge is -2.09. The van der Waals surface area contributed by atoms with E-state index in [9.17, 15) is 18.4 Å². The largest absolute Gasteiger partial charge is 0.329 e. The van der Waals surface area contributed by atoms with Gasteiger partial charge in [-0.15, -0.1) is 0 Å². The van der Waals surface area contributed by atoms with Gasteiger partial charge in [0.05, 0.1) is 12.1 Å². The number of benzene rings is 1. The molecule has 0 unspecified atom stereocenters. The number of aromatic amines is 1. The molecule has 106 valence electrons. The molecule has 4 nitrogen and oxygen atoms in total. The van der Waals surface area contributed by atoms with Gasteiger partial charge in [-0.2, -0.15) is 0 Å². The fourth-order valence-electron chi connectivity index (χ4n) is 1.74. The summed E-state index contributed by atoms with van der Waals surface area (Å²) in [4.78, 5) is 25.9. The molecule has 0 bridgehead atoms. The van der Waals surface area contributed by atoms with Gasteiger partial charge in [-0.1, -0.05) is 39.7 Å². The number of alkyl halides is 2. The van der Waals surface area contributed by atoms with Crippen LogP contribution in [0.1, 0.15) is 0 Å². The third-order valence-electron chi connectivity index (χ3n) is 2.57. The second-order valence-electron chi connectivity index (χ2n) is 3.94. The van der Waals surface area contributed by atoms with E-state index in [1.807, 2.05) is 0 Å². The lowest BCUT2D eigenvalue weighted by molar-refractivity contribution is 0.123. The average Bonchev–Trinajstić information content (AvgIpc) is 2.34. The highest BCUT2D eigenvalue weighted by Gasteiger charge is 2.17. The molecule has 0 atom stereocenters. The van der Waals surface area contributed by atoms with Gasteiger partial charge in [-0.05, 0) is 17.7 Å². The number of halogens is 4. The Kier molecular flexibility index (Phi) is 4.39. The van der Waals surface area contributed by atoms with Crippen molar-refractivity contribution in [3.8, 4) is 11.1 Å². The molecule has 20 heavy (non-hydrogen) atoms. The lowest BCUT2D eigenvalue weighted by atomic mass is 10.1. The van der Waals surface area contributed by atoms with Gasteiger partial charge in [0.25, 0.3) is 12.0 Å². The molecule has 0 aliphatic carbocycles. The lowest BCUT2D eigenvalue weighted by Crippen LogP contribution is -2.38. The highest BCUT2D eigenvalue weighted by atomic mass is 79.9. The molecule has 0 saturated carbocycles. The molecule has 2 aromatic rings. The van der Waals surface area contributed by atoms with Gasteiger partial charge in [0.1, 0.15) is 5.15 Å². The van der Waals surface area contributed by atoms with Gasteiger partial charge in [0.15, 0.2) is 0 Å². The molecule has 1 aromatic heterocycles. The van der Waals surface area contributed by atoms with Crippen molar-refractivity contribution < 1.29 is 8.78 Å². The van der Waals surface area contributed by atoms with E-state index in [0.717, 1.165) is 0 Å². The molecule has 0 aliphatic rings. The molecule has 0 aliphatic heterocycles. The smallest absolute Gasteiger partial charge is 0.297 e. The van der Waals surface area contributed by atoms with Crippen LogP contribution < -0.4 is 11.2 Å². The first-order valence-electron chi connectivity index (χ1n) is 5.47. The number of H-pyrrole nitrogens is 1. The Hall–Kier alpha value is -1.47. The molecular formula is C12H8BrClF2N2O2. The van der Waals surface area contributed by atoms with E-state index in [-0.39, 0.29) is 10.7 Å². The predicted molar refractivity (Wildman–Crippen MR) is 75.5 cm³/mol. The standard InChI is InChI=1S/C12H8BrClF2N2O2/c13-7-3-1-2-6(4-7)9-10(14)17-12(20)18(11(9)19)5-8(15)16/h1-4,8H,5H2,(H,17,20). The van der Waals surface area contributed by atoms with E-state index < -0.39 is 24.2 Å². The van der Waals surface area contributed by atoms with Gasteiger partial charge in [-0.25, -0.2) is 13.6 Å². The number of hydrogen-bond donors (Lipinski definition) is 1. The van der Waals surface area contributed by atoms with Crippen molar-refractivity contribution in [3.05, 3.63) is 54.7 Å². The van der Waals surface area contributed by atoms with Crippen molar-refractivity contribution in [3.63, 3.8) is 0 Å². The van der Waals surface area contributed by atoms with Crippen LogP contribution in [-0.2, 0) is 6.54 Å². The molecule has 0 amide bonds. The molecule has 1 N–H and O–H groups in total. The van der Waals surface area contributed by atoms with E-state index in [1.54, 1.807) is 24.3 Å². The zero-order valence-corrected chi connectivity index (χ0v) is 12.2. The summed E-state index contributed by atoms with van der Waals surface area (Å²) >= 11 is 9.10. The third-order valence-corrected chi connectivity index (χ3v) is 3.35. The first-order chi connectivity index (χ1) is 9.40. The van der Waals surface area contributed by atoms with E-state index in [0.29, 0.717) is 14.6 Å². The monoisotopic (exact) mass is 364 g/mol. The minimum absolute atomic E-state index is 0.0202. The minimum Gasteiger partial charge on any atom is -0.297 e. The van der Waals surface area contributed by atoms with Crippen LogP contribution in [0.3, 0.4) is 0 Å². The first-order valence-corrected chi connectivity index (χ1v) is 6.64. The number of rotatable bonds is 3. The molecule has 8 heteroatoms. The molecule has 0 spiro atoms. The Morgan fingerprint density at radius 3 is 2.65 bits per heavy atom. The maximum atomic E-state index is 12.4. The van der Waals surface area contributed by atoms with Crippen LogP contribution in [0.2, 0.25) is 5.15 Å². The summed E-state index contributed by atoms with van der Waals surface area (Å²) < 4.78 is 26.0. The summed E-state index contributed by atoms with van der Waals surface area (Å²) in [5.74, 6) is 0. The summed E-state index contributed by atoms with van der Waals surface area (Å²) in [6, 6.07) is 6.60. The zero-order chi connectivity index (χ0) is 14.9. The van der Waals surface area contributed by atoms with Gasteiger partial charge in [0, 0.05) is 4.47 Å². The number of aromatic nitrogens is 2. The van der Waals surface area contributed by atoms with Crippen LogP contribution in [0.25, 0.3) is 11.1 Å². The van der Waals surface area contributed by atoms with Crippen molar-refractivity contribution in [2.45, 2.75) is 13.0 Å². The molecule has 1 heterocycles. The van der Waals surface area contributed by atoms with E-state index >= 15 is 0 Å². The number of nitrogens with zero attached hydrogens (tertiary/aromatic N) is 1. The van der Waals surface area contributed by atoms with Gasteiger partial charge < -0.3 is 0 Å². The minimum atomic E-state index is -2.81. The van der Waals surface area contributed by atoms with Gasteiger partial charge in [0.2, 0.25) is 0 Å². The van der Waals surface area contributed by atoms with Crippen LogP contribution >= 0.6 is 27.5 Å². The molecule has 0 radical (unpaired) electrons. The van der Waals surface area contributed by atoms with E-state index in [1.165, 1.54) is 0 Å². The second kappa shape index (κ2) is 5.88. The fraction of sp³-hybridized carbons (Fsp3) is 0.167. The fourth-order valence-corrected chi connectivity index (χ4v) is 2.41. The van der Waals surface area contributed by atoms with Crippen molar-refractivity contribution in [1.29, 1.82) is 0 Å². The van der Waals surface area contributed by atoms with Crippen LogP contribution in [0.4, 0.5) is 8.78 Å². The Balaban J connectivity index is 2.71. The summed E-state index contributed by atoms with van der Waals surface area (Å²) in [6.45, 7) is -0.980.